The van der Waals surface area contributed by atoms with Gasteiger partial charge in [-0.2, -0.15) is 0 Å². The monoisotopic (exact) mass is 454 g/mol. The van der Waals surface area contributed by atoms with Gasteiger partial charge in [0.05, 0.1) is 16.6 Å². The number of H-pyrrole nitrogens is 1. The zero-order valence-electron chi connectivity index (χ0n) is 18.2. The quantitative estimate of drug-likeness (QED) is 0.349. The van der Waals surface area contributed by atoms with E-state index in [2.05, 4.69) is 51.8 Å². The summed E-state index contributed by atoms with van der Waals surface area (Å²) >= 11 is 6.01. The van der Waals surface area contributed by atoms with Crippen molar-refractivity contribution in [2.45, 2.75) is 20.0 Å². The van der Waals surface area contributed by atoms with E-state index in [1.807, 2.05) is 37.3 Å². The van der Waals surface area contributed by atoms with E-state index in [4.69, 9.17) is 11.6 Å². The molecule has 2 heterocycles. The Hall–Kier alpha value is -3.67. The van der Waals surface area contributed by atoms with Gasteiger partial charge >= 0.3 is 0 Å². The van der Waals surface area contributed by atoms with Crippen LogP contribution in [-0.2, 0) is 13.1 Å². The Morgan fingerprint density at radius 3 is 2.27 bits per heavy atom. The summed E-state index contributed by atoms with van der Waals surface area (Å²) in [6, 6.07) is 25.9. The van der Waals surface area contributed by atoms with Gasteiger partial charge in [0, 0.05) is 35.6 Å². The van der Waals surface area contributed by atoms with E-state index >= 15 is 0 Å². The summed E-state index contributed by atoms with van der Waals surface area (Å²) in [6.45, 7) is 3.56. The highest BCUT2D eigenvalue weighted by molar-refractivity contribution is 6.30. The van der Waals surface area contributed by atoms with E-state index in [0.29, 0.717) is 10.4 Å². The second kappa shape index (κ2) is 9.06. The molecule has 0 saturated carbocycles. The Labute approximate surface area is 196 Å². The van der Waals surface area contributed by atoms with Crippen LogP contribution in [0.5, 0.6) is 0 Å². The van der Waals surface area contributed by atoms with Crippen LogP contribution in [0.3, 0.4) is 0 Å². The van der Waals surface area contributed by atoms with Crippen molar-refractivity contribution in [1.29, 1.82) is 0 Å². The number of aryl methyl sites for hydroxylation is 1. The van der Waals surface area contributed by atoms with E-state index in [9.17, 15) is 4.79 Å². The summed E-state index contributed by atoms with van der Waals surface area (Å²) in [6.07, 6.45) is 1.64. The Kier molecular flexibility index (Phi) is 5.82. The first-order chi connectivity index (χ1) is 16.1. The van der Waals surface area contributed by atoms with E-state index in [1.165, 1.54) is 15.8 Å². The molecule has 5 aromatic rings. The molecule has 0 bridgehead atoms. The first kappa shape index (κ1) is 21.2. The number of nitrogens with zero attached hydrogens (tertiary/aromatic N) is 2. The first-order valence-corrected chi connectivity index (χ1v) is 11.2. The van der Waals surface area contributed by atoms with Crippen molar-refractivity contribution in [3.05, 3.63) is 117 Å². The lowest BCUT2D eigenvalue weighted by molar-refractivity contribution is 0.693. The topological polar surface area (TPSA) is 62.7 Å². The molecule has 0 spiro atoms. The van der Waals surface area contributed by atoms with Crippen LogP contribution in [0.15, 0.2) is 89.9 Å². The van der Waals surface area contributed by atoms with Gasteiger partial charge in [-0.25, -0.2) is 4.68 Å². The third-order valence-electron chi connectivity index (χ3n) is 5.75. The van der Waals surface area contributed by atoms with Gasteiger partial charge < -0.3 is 5.32 Å². The highest BCUT2D eigenvalue weighted by Gasteiger charge is 2.16. The normalized spacial score (nSPS) is 11.2. The number of aromatic nitrogens is 3. The highest BCUT2D eigenvalue weighted by Crippen LogP contribution is 2.29. The SMILES string of the molecule is Cc1ncc2c(=O)n(-c3ccc(Cl)cc3)[nH]c2c1-c1ccc(CNCc2ccccc2)cc1. The van der Waals surface area contributed by atoms with Gasteiger partial charge in [-0.1, -0.05) is 66.2 Å². The van der Waals surface area contributed by atoms with Crippen molar-refractivity contribution in [1.82, 2.24) is 20.1 Å². The molecule has 0 aliphatic heterocycles. The lowest BCUT2D eigenvalue weighted by Crippen LogP contribution is -2.14. The van der Waals surface area contributed by atoms with E-state index in [0.717, 1.165) is 41.1 Å². The van der Waals surface area contributed by atoms with Crippen molar-refractivity contribution >= 4 is 22.5 Å². The molecule has 6 heteroatoms. The summed E-state index contributed by atoms with van der Waals surface area (Å²) in [7, 11) is 0. The van der Waals surface area contributed by atoms with Crippen LogP contribution < -0.4 is 10.9 Å². The van der Waals surface area contributed by atoms with Crippen LogP contribution in [-0.4, -0.2) is 14.8 Å². The number of halogens is 1. The molecule has 5 rings (SSSR count). The molecule has 0 amide bonds. The minimum Gasteiger partial charge on any atom is -0.309 e. The molecule has 3 aromatic carbocycles. The second-order valence-corrected chi connectivity index (χ2v) is 8.46. The fourth-order valence-corrected chi connectivity index (χ4v) is 4.15. The number of aromatic amines is 1. The predicted octanol–water partition coefficient (Wildman–Crippen LogP) is 5.63. The lowest BCUT2D eigenvalue weighted by atomic mass is 10.0. The standard InChI is InChI=1S/C27H23ClN4O/c1-18-25(21-9-7-20(8-10-21)16-29-15-19-5-3-2-4-6-19)26-24(17-30-18)27(33)32(31-26)23-13-11-22(28)12-14-23/h2-14,17,29,31H,15-16H2,1H3. The minimum absolute atomic E-state index is 0.136. The molecule has 0 aliphatic carbocycles. The Balaban J connectivity index is 1.44. The van der Waals surface area contributed by atoms with Crippen LogP contribution in [0.1, 0.15) is 16.8 Å². The maximum atomic E-state index is 13.0. The predicted molar refractivity (Wildman–Crippen MR) is 134 cm³/mol. The van der Waals surface area contributed by atoms with Crippen LogP contribution in [0.2, 0.25) is 5.02 Å². The fourth-order valence-electron chi connectivity index (χ4n) is 4.03. The van der Waals surface area contributed by atoms with Crippen molar-refractivity contribution in [2.75, 3.05) is 0 Å². The maximum Gasteiger partial charge on any atom is 0.280 e. The Morgan fingerprint density at radius 2 is 1.58 bits per heavy atom. The van der Waals surface area contributed by atoms with E-state index in [1.54, 1.807) is 18.3 Å². The molecule has 0 aliphatic rings. The van der Waals surface area contributed by atoms with Crippen LogP contribution >= 0.6 is 11.6 Å². The maximum absolute atomic E-state index is 13.0. The average molecular weight is 455 g/mol. The molecule has 164 valence electrons. The third-order valence-corrected chi connectivity index (χ3v) is 6.01. The van der Waals surface area contributed by atoms with Gasteiger partial charge in [-0.3, -0.25) is 14.9 Å². The van der Waals surface area contributed by atoms with Crippen molar-refractivity contribution in [2.24, 2.45) is 0 Å². The highest BCUT2D eigenvalue weighted by atomic mass is 35.5. The van der Waals surface area contributed by atoms with Crippen molar-refractivity contribution in [3.63, 3.8) is 0 Å². The second-order valence-electron chi connectivity index (χ2n) is 8.02. The molecular formula is C27H23ClN4O. The Bertz CT molecular complexity index is 1450. The van der Waals surface area contributed by atoms with Crippen LogP contribution in [0.4, 0.5) is 0 Å². The van der Waals surface area contributed by atoms with Gasteiger partial charge in [-0.15, -0.1) is 0 Å². The van der Waals surface area contributed by atoms with Gasteiger partial charge in [-0.05, 0) is 47.9 Å². The largest absolute Gasteiger partial charge is 0.309 e. The van der Waals surface area contributed by atoms with Crippen molar-refractivity contribution in [3.8, 4) is 16.8 Å². The number of fused-ring (bicyclic) bond motifs is 1. The molecule has 2 aromatic heterocycles. The number of hydrogen-bond donors (Lipinski definition) is 2. The molecule has 0 radical (unpaired) electrons. The summed E-state index contributed by atoms with van der Waals surface area (Å²) < 4.78 is 1.54. The summed E-state index contributed by atoms with van der Waals surface area (Å²) in [5.74, 6) is 0. The fraction of sp³-hybridized carbons (Fsp3) is 0.111. The number of rotatable bonds is 6. The first-order valence-electron chi connectivity index (χ1n) is 10.8. The minimum atomic E-state index is -0.136. The van der Waals surface area contributed by atoms with Gasteiger partial charge in [0.25, 0.3) is 5.56 Å². The lowest BCUT2D eigenvalue weighted by Gasteiger charge is -2.09. The third kappa shape index (κ3) is 4.33. The average Bonchev–Trinajstić information content (AvgIpc) is 3.17. The zero-order chi connectivity index (χ0) is 22.8. The molecular weight excluding hydrogens is 432 g/mol. The smallest absolute Gasteiger partial charge is 0.280 e. The van der Waals surface area contributed by atoms with Crippen LogP contribution in [0.25, 0.3) is 27.7 Å². The van der Waals surface area contributed by atoms with E-state index in [-0.39, 0.29) is 5.56 Å². The molecule has 5 nitrogen and oxygen atoms in total. The van der Waals surface area contributed by atoms with Gasteiger partial charge in [0.1, 0.15) is 0 Å². The molecule has 2 N–H and O–H groups in total. The number of hydrogen-bond acceptors (Lipinski definition) is 3. The Morgan fingerprint density at radius 1 is 0.909 bits per heavy atom. The molecule has 0 unspecified atom stereocenters. The summed E-state index contributed by atoms with van der Waals surface area (Å²) in [5, 5.41) is 7.94. The molecule has 0 fully saturated rings. The van der Waals surface area contributed by atoms with Crippen molar-refractivity contribution < 1.29 is 0 Å². The number of pyridine rings is 1. The summed E-state index contributed by atoms with van der Waals surface area (Å²) in [4.78, 5) is 17.6. The molecule has 0 saturated heterocycles. The number of benzene rings is 3. The number of nitrogens with one attached hydrogen (secondary N) is 2. The molecule has 33 heavy (non-hydrogen) atoms. The van der Waals surface area contributed by atoms with Gasteiger partial charge in [0.2, 0.25) is 0 Å². The zero-order valence-corrected chi connectivity index (χ0v) is 18.9. The van der Waals surface area contributed by atoms with Crippen LogP contribution in [0, 0.1) is 6.92 Å². The summed E-state index contributed by atoms with van der Waals surface area (Å²) in [5.41, 5.74) is 6.63. The van der Waals surface area contributed by atoms with Gasteiger partial charge in [0.15, 0.2) is 0 Å². The molecule has 0 atom stereocenters. The van der Waals surface area contributed by atoms with E-state index < -0.39 is 0 Å².